The summed E-state index contributed by atoms with van der Waals surface area (Å²) in [7, 11) is 0. The fourth-order valence-corrected chi connectivity index (χ4v) is 3.24. The Labute approximate surface area is 140 Å². The molecule has 0 saturated carbocycles. The zero-order valence-electron chi connectivity index (χ0n) is 13.0. The third-order valence-corrected chi connectivity index (χ3v) is 4.44. The van der Waals surface area contributed by atoms with Crippen molar-refractivity contribution in [3.8, 4) is 11.4 Å². The average Bonchev–Trinajstić information content (AvgIpc) is 2.97. The first-order chi connectivity index (χ1) is 11.3. The Hall–Kier alpha value is -2.40. The van der Waals surface area contributed by atoms with Gasteiger partial charge in [-0.25, -0.2) is 0 Å². The summed E-state index contributed by atoms with van der Waals surface area (Å²) >= 11 is 1.69. The third kappa shape index (κ3) is 3.68. The number of nitrogens with zero attached hydrogens (tertiary/aromatic N) is 4. The van der Waals surface area contributed by atoms with Crippen LogP contribution >= 0.6 is 11.8 Å². The van der Waals surface area contributed by atoms with E-state index < -0.39 is 0 Å². The van der Waals surface area contributed by atoms with Gasteiger partial charge < -0.3 is 0 Å². The van der Waals surface area contributed by atoms with Gasteiger partial charge in [0.2, 0.25) is 0 Å². The minimum absolute atomic E-state index is 0.674. The molecular formula is C18H18N4S. The number of hydrogen-bond acceptors (Lipinski definition) is 4. The third-order valence-electron chi connectivity index (χ3n) is 3.40. The van der Waals surface area contributed by atoms with E-state index in [0.29, 0.717) is 6.54 Å². The Bertz CT molecular complexity index is 796. The number of aromatic nitrogens is 4. The number of aryl methyl sites for hydroxylation is 1. The molecule has 0 bridgehead atoms. The van der Waals surface area contributed by atoms with Gasteiger partial charge >= 0.3 is 0 Å². The van der Waals surface area contributed by atoms with Crippen molar-refractivity contribution in [1.29, 1.82) is 0 Å². The van der Waals surface area contributed by atoms with Crippen molar-refractivity contribution in [1.82, 2.24) is 19.7 Å². The zero-order chi connectivity index (χ0) is 16.1. The predicted molar refractivity (Wildman–Crippen MR) is 94.2 cm³/mol. The molecule has 23 heavy (non-hydrogen) atoms. The van der Waals surface area contributed by atoms with Gasteiger partial charge in [0.1, 0.15) is 0 Å². The minimum Gasteiger partial charge on any atom is -0.298 e. The van der Waals surface area contributed by atoms with Crippen LogP contribution in [0, 0.1) is 6.92 Å². The van der Waals surface area contributed by atoms with E-state index in [1.807, 2.05) is 18.2 Å². The van der Waals surface area contributed by atoms with Crippen molar-refractivity contribution in [2.45, 2.75) is 24.4 Å². The molecule has 0 spiro atoms. The second kappa shape index (κ2) is 7.24. The first-order valence-corrected chi connectivity index (χ1v) is 8.39. The summed E-state index contributed by atoms with van der Waals surface area (Å²) in [5.74, 6) is 1.69. The maximum absolute atomic E-state index is 4.35. The summed E-state index contributed by atoms with van der Waals surface area (Å²) in [5.41, 5.74) is 3.52. The second-order valence-electron chi connectivity index (χ2n) is 5.22. The number of pyridine rings is 1. The molecule has 0 fully saturated rings. The highest BCUT2D eigenvalue weighted by atomic mass is 32.2. The lowest BCUT2D eigenvalue weighted by Crippen LogP contribution is -2.00. The fraction of sp³-hybridized carbons (Fsp3) is 0.167. The van der Waals surface area contributed by atoms with E-state index in [1.165, 1.54) is 11.1 Å². The number of allylic oxidation sites excluding steroid dienone is 1. The van der Waals surface area contributed by atoms with Crippen LogP contribution in [0.5, 0.6) is 0 Å². The number of thioether (sulfide) groups is 1. The van der Waals surface area contributed by atoms with E-state index in [0.717, 1.165) is 22.3 Å². The monoisotopic (exact) mass is 322 g/mol. The van der Waals surface area contributed by atoms with Crippen LogP contribution in [-0.2, 0) is 12.3 Å². The molecule has 0 aliphatic carbocycles. The Morgan fingerprint density at radius 1 is 1.22 bits per heavy atom. The maximum Gasteiger partial charge on any atom is 0.192 e. The molecule has 2 aromatic heterocycles. The van der Waals surface area contributed by atoms with Gasteiger partial charge in [-0.3, -0.25) is 9.55 Å². The first-order valence-electron chi connectivity index (χ1n) is 7.41. The summed E-state index contributed by atoms with van der Waals surface area (Å²) < 4.78 is 2.07. The van der Waals surface area contributed by atoms with Crippen molar-refractivity contribution in [3.05, 3.63) is 72.6 Å². The van der Waals surface area contributed by atoms with E-state index in [4.69, 9.17) is 0 Å². The van der Waals surface area contributed by atoms with Crippen LogP contribution in [-0.4, -0.2) is 19.7 Å². The summed E-state index contributed by atoms with van der Waals surface area (Å²) in [4.78, 5) is 4.16. The Morgan fingerprint density at radius 2 is 2.13 bits per heavy atom. The van der Waals surface area contributed by atoms with E-state index in [2.05, 4.69) is 57.5 Å². The highest BCUT2D eigenvalue weighted by Crippen LogP contribution is 2.26. The molecule has 1 aromatic carbocycles. The van der Waals surface area contributed by atoms with E-state index in [9.17, 15) is 0 Å². The van der Waals surface area contributed by atoms with Gasteiger partial charge in [-0.1, -0.05) is 47.7 Å². The molecule has 4 nitrogen and oxygen atoms in total. The molecule has 0 unspecified atom stereocenters. The number of rotatable bonds is 6. The Kier molecular flexibility index (Phi) is 4.88. The van der Waals surface area contributed by atoms with Gasteiger partial charge in [-0.2, -0.15) is 0 Å². The molecule has 3 aromatic rings. The lowest BCUT2D eigenvalue weighted by atomic mass is 10.2. The van der Waals surface area contributed by atoms with Gasteiger partial charge in [0.25, 0.3) is 0 Å². The molecule has 2 heterocycles. The lowest BCUT2D eigenvalue weighted by molar-refractivity contribution is 0.731. The summed E-state index contributed by atoms with van der Waals surface area (Å²) in [5, 5.41) is 9.58. The van der Waals surface area contributed by atoms with Crippen molar-refractivity contribution in [3.63, 3.8) is 0 Å². The molecule has 3 rings (SSSR count). The average molecular weight is 322 g/mol. The van der Waals surface area contributed by atoms with Crippen LogP contribution in [0.2, 0.25) is 0 Å². The molecule has 0 saturated heterocycles. The van der Waals surface area contributed by atoms with Crippen LogP contribution in [0.15, 0.2) is 66.6 Å². The Morgan fingerprint density at radius 3 is 2.87 bits per heavy atom. The molecule has 0 amide bonds. The van der Waals surface area contributed by atoms with E-state index in [1.54, 1.807) is 24.2 Å². The molecule has 0 aliphatic rings. The summed E-state index contributed by atoms with van der Waals surface area (Å²) in [6.07, 6.45) is 5.42. The van der Waals surface area contributed by atoms with Crippen molar-refractivity contribution < 1.29 is 0 Å². The van der Waals surface area contributed by atoms with Crippen LogP contribution in [0.25, 0.3) is 11.4 Å². The minimum atomic E-state index is 0.674. The van der Waals surface area contributed by atoms with Crippen molar-refractivity contribution >= 4 is 11.8 Å². The van der Waals surface area contributed by atoms with Gasteiger partial charge in [0.15, 0.2) is 11.0 Å². The fourth-order valence-electron chi connectivity index (χ4n) is 2.35. The molecule has 0 atom stereocenters. The quantitative estimate of drug-likeness (QED) is 0.505. The number of hydrogen-bond donors (Lipinski definition) is 0. The zero-order valence-corrected chi connectivity index (χ0v) is 13.8. The van der Waals surface area contributed by atoms with Crippen LogP contribution in [0.4, 0.5) is 0 Å². The first kappa shape index (κ1) is 15.5. The summed E-state index contributed by atoms with van der Waals surface area (Å²) in [6, 6.07) is 12.4. The highest BCUT2D eigenvalue weighted by molar-refractivity contribution is 7.98. The Balaban J connectivity index is 1.85. The van der Waals surface area contributed by atoms with Gasteiger partial charge in [-0.15, -0.1) is 16.8 Å². The largest absolute Gasteiger partial charge is 0.298 e. The van der Waals surface area contributed by atoms with Crippen LogP contribution < -0.4 is 0 Å². The summed E-state index contributed by atoms with van der Waals surface area (Å²) in [6.45, 7) is 6.62. The van der Waals surface area contributed by atoms with Gasteiger partial charge in [0.05, 0.1) is 0 Å². The van der Waals surface area contributed by atoms with Gasteiger partial charge in [0, 0.05) is 30.3 Å². The standard InChI is InChI=1S/C18H18N4S/c1-3-10-22-17(16-8-5-9-19-12-16)20-21-18(22)23-13-15-7-4-6-14(2)11-15/h3-9,11-12H,1,10,13H2,2H3. The van der Waals surface area contributed by atoms with E-state index >= 15 is 0 Å². The van der Waals surface area contributed by atoms with Crippen molar-refractivity contribution in [2.24, 2.45) is 0 Å². The highest BCUT2D eigenvalue weighted by Gasteiger charge is 2.13. The molecular weight excluding hydrogens is 304 g/mol. The molecule has 0 N–H and O–H groups in total. The SMILES string of the molecule is C=CCn1c(SCc2cccc(C)c2)nnc1-c1cccnc1. The smallest absolute Gasteiger partial charge is 0.192 e. The lowest BCUT2D eigenvalue weighted by Gasteiger charge is -2.07. The normalized spacial score (nSPS) is 10.7. The predicted octanol–water partition coefficient (Wildman–Crippen LogP) is 4.13. The molecule has 0 radical (unpaired) electrons. The number of benzene rings is 1. The molecule has 0 aliphatic heterocycles. The topological polar surface area (TPSA) is 43.6 Å². The molecule has 5 heteroatoms. The maximum atomic E-state index is 4.35. The van der Waals surface area contributed by atoms with E-state index in [-0.39, 0.29) is 0 Å². The van der Waals surface area contributed by atoms with Crippen LogP contribution in [0.1, 0.15) is 11.1 Å². The van der Waals surface area contributed by atoms with Gasteiger partial charge in [-0.05, 0) is 24.6 Å². The van der Waals surface area contributed by atoms with Crippen molar-refractivity contribution in [2.75, 3.05) is 0 Å². The molecule has 116 valence electrons. The second-order valence-corrected chi connectivity index (χ2v) is 6.17. The van der Waals surface area contributed by atoms with Crippen LogP contribution in [0.3, 0.4) is 0 Å².